The molecular formula is C57H36N4O. The van der Waals surface area contributed by atoms with Crippen molar-refractivity contribution in [1.82, 2.24) is 19.6 Å². The fraction of sp³-hybridized carbons (Fsp3) is 0. The molecule has 8 aromatic carbocycles. The molecule has 0 aliphatic heterocycles. The van der Waals surface area contributed by atoms with Crippen molar-refractivity contribution in [1.29, 1.82) is 0 Å². The number of hydrogen-bond acceptors (Lipinski definition) is 4. The number of rotatable bonds is 7. The summed E-state index contributed by atoms with van der Waals surface area (Å²) in [5.74, 6) is 0.639. The Kier molecular flexibility index (Phi) is 8.42. The first kappa shape index (κ1) is 35.5. The zero-order chi connectivity index (χ0) is 41.0. The first-order valence-electron chi connectivity index (χ1n) is 20.8. The SMILES string of the molecule is c1ccc(-c2cc(-c3cccc(-c4ccc5oc6ccccc6c5c4)c3)nc(-c3cccc(-c4nn5c(-c6ccccc6)cc6ccccc6c5c4-c4ccccc4)c3)n2)cc1. The van der Waals surface area contributed by atoms with Gasteiger partial charge in [-0.3, -0.25) is 0 Å². The fourth-order valence-electron chi connectivity index (χ4n) is 8.83. The minimum Gasteiger partial charge on any atom is -0.456 e. The van der Waals surface area contributed by atoms with Gasteiger partial charge < -0.3 is 4.42 Å². The number of benzene rings is 8. The normalized spacial score (nSPS) is 11.5. The Morgan fingerprint density at radius 3 is 1.71 bits per heavy atom. The van der Waals surface area contributed by atoms with Crippen molar-refractivity contribution < 1.29 is 4.42 Å². The van der Waals surface area contributed by atoms with Gasteiger partial charge in [0.15, 0.2) is 5.82 Å². The highest BCUT2D eigenvalue weighted by Gasteiger charge is 2.22. The van der Waals surface area contributed by atoms with E-state index in [0.29, 0.717) is 5.82 Å². The van der Waals surface area contributed by atoms with Gasteiger partial charge in [0.2, 0.25) is 0 Å². The van der Waals surface area contributed by atoms with E-state index in [-0.39, 0.29) is 0 Å². The Morgan fingerprint density at radius 2 is 0.919 bits per heavy atom. The molecule has 0 bridgehead atoms. The molecule has 0 atom stereocenters. The van der Waals surface area contributed by atoms with Crippen molar-refractivity contribution in [2.24, 2.45) is 0 Å². The van der Waals surface area contributed by atoms with Gasteiger partial charge in [0.1, 0.15) is 16.9 Å². The Bertz CT molecular complexity index is 3630. The van der Waals surface area contributed by atoms with Crippen LogP contribution in [0.2, 0.25) is 0 Å². The third-order valence-corrected chi connectivity index (χ3v) is 11.8. The van der Waals surface area contributed by atoms with Crippen LogP contribution in [0.5, 0.6) is 0 Å². The van der Waals surface area contributed by atoms with Crippen molar-refractivity contribution >= 4 is 38.2 Å². The molecule has 0 aliphatic carbocycles. The average Bonchev–Trinajstić information content (AvgIpc) is 3.94. The zero-order valence-corrected chi connectivity index (χ0v) is 33.5. The monoisotopic (exact) mass is 792 g/mol. The lowest BCUT2D eigenvalue weighted by Gasteiger charge is -2.12. The molecule has 0 saturated heterocycles. The minimum absolute atomic E-state index is 0.639. The Hall–Kier alpha value is -8.41. The maximum atomic E-state index is 6.15. The van der Waals surface area contributed by atoms with Gasteiger partial charge in [0, 0.05) is 49.5 Å². The summed E-state index contributed by atoms with van der Waals surface area (Å²) >= 11 is 0. The highest BCUT2D eigenvalue weighted by atomic mass is 16.3. The molecule has 4 heterocycles. The van der Waals surface area contributed by atoms with Crippen LogP contribution in [0.1, 0.15) is 0 Å². The summed E-state index contributed by atoms with van der Waals surface area (Å²) in [7, 11) is 0. The van der Waals surface area contributed by atoms with E-state index in [1.807, 2.05) is 18.2 Å². The van der Waals surface area contributed by atoms with Crippen molar-refractivity contribution in [2.45, 2.75) is 0 Å². The number of aromatic nitrogens is 4. The fourth-order valence-corrected chi connectivity index (χ4v) is 8.83. The standard InChI is InChI=1S/C57H36N4O/c1-4-16-37(17-5-1)49-36-50(43-24-14-23-40(32-43)41-30-31-53-48(34-41)47-28-12-13-29-52(47)62-53)59-57(58-49)45-26-15-25-44(33-45)55-54(39-20-8-3-9-21-39)56-46-27-11-10-22-42(46)35-51(61(56)60-55)38-18-6-2-7-19-38/h1-36H. The molecule has 5 heteroatoms. The molecule has 12 rings (SSSR count). The van der Waals surface area contributed by atoms with E-state index in [1.165, 1.54) is 0 Å². The van der Waals surface area contributed by atoms with E-state index < -0.39 is 0 Å². The van der Waals surface area contributed by atoms with Crippen molar-refractivity contribution in [2.75, 3.05) is 0 Å². The van der Waals surface area contributed by atoms with Crippen LogP contribution in [0.25, 0.3) is 117 Å². The highest BCUT2D eigenvalue weighted by Crippen LogP contribution is 2.42. The second-order valence-corrected chi connectivity index (χ2v) is 15.6. The molecule has 5 nitrogen and oxygen atoms in total. The van der Waals surface area contributed by atoms with Crippen molar-refractivity contribution in [3.05, 3.63) is 218 Å². The summed E-state index contributed by atoms with van der Waals surface area (Å²) < 4.78 is 8.28. The second-order valence-electron chi connectivity index (χ2n) is 15.6. The number of nitrogens with zero attached hydrogens (tertiary/aromatic N) is 4. The molecule has 62 heavy (non-hydrogen) atoms. The molecule has 4 aromatic heterocycles. The summed E-state index contributed by atoms with van der Waals surface area (Å²) in [6.45, 7) is 0. The number of para-hydroxylation sites is 1. The quantitative estimate of drug-likeness (QED) is 0.161. The Morgan fingerprint density at radius 1 is 0.355 bits per heavy atom. The lowest BCUT2D eigenvalue weighted by atomic mass is 9.96. The second kappa shape index (κ2) is 14.7. The van der Waals surface area contributed by atoms with E-state index in [0.717, 1.165) is 111 Å². The Labute approximate surface area is 357 Å². The summed E-state index contributed by atoms with van der Waals surface area (Å²) in [5, 5.41) is 10.0. The number of fused-ring (bicyclic) bond motifs is 6. The van der Waals surface area contributed by atoms with Gasteiger partial charge in [-0.15, -0.1) is 0 Å². The van der Waals surface area contributed by atoms with Crippen LogP contribution in [-0.2, 0) is 0 Å². The molecule has 290 valence electrons. The molecule has 12 aromatic rings. The van der Waals surface area contributed by atoms with Gasteiger partial charge in [-0.05, 0) is 64.5 Å². The Balaban J connectivity index is 1.03. The first-order valence-corrected chi connectivity index (χ1v) is 20.8. The number of pyridine rings is 1. The number of furan rings is 1. The molecule has 0 aliphatic rings. The molecule has 0 amide bonds. The molecule has 0 radical (unpaired) electrons. The first-order chi connectivity index (χ1) is 30.7. The maximum Gasteiger partial charge on any atom is 0.160 e. The lowest BCUT2D eigenvalue weighted by molar-refractivity contribution is 0.669. The van der Waals surface area contributed by atoms with Gasteiger partial charge in [-0.2, -0.15) is 5.10 Å². The summed E-state index contributed by atoms with van der Waals surface area (Å²) in [5.41, 5.74) is 15.8. The van der Waals surface area contributed by atoms with E-state index >= 15 is 0 Å². The van der Waals surface area contributed by atoms with Gasteiger partial charge in [-0.25, -0.2) is 14.5 Å². The van der Waals surface area contributed by atoms with Crippen LogP contribution in [0.15, 0.2) is 223 Å². The largest absolute Gasteiger partial charge is 0.456 e. The predicted molar refractivity (Wildman–Crippen MR) is 254 cm³/mol. The van der Waals surface area contributed by atoms with Crippen molar-refractivity contribution in [3.8, 4) is 78.7 Å². The summed E-state index contributed by atoms with van der Waals surface area (Å²) in [6.07, 6.45) is 0. The van der Waals surface area contributed by atoms with E-state index in [4.69, 9.17) is 19.5 Å². The summed E-state index contributed by atoms with van der Waals surface area (Å²) in [6, 6.07) is 76.2. The third-order valence-electron chi connectivity index (χ3n) is 11.8. The van der Waals surface area contributed by atoms with E-state index in [2.05, 4.69) is 205 Å². The van der Waals surface area contributed by atoms with Gasteiger partial charge in [0.05, 0.1) is 22.6 Å². The zero-order valence-electron chi connectivity index (χ0n) is 33.5. The molecule has 0 unspecified atom stereocenters. The molecule has 0 fully saturated rings. The van der Waals surface area contributed by atoms with Crippen LogP contribution < -0.4 is 0 Å². The smallest absolute Gasteiger partial charge is 0.160 e. The highest BCUT2D eigenvalue weighted by molar-refractivity contribution is 6.09. The predicted octanol–water partition coefficient (Wildman–Crippen LogP) is 14.8. The van der Waals surface area contributed by atoms with E-state index in [1.54, 1.807) is 0 Å². The third kappa shape index (κ3) is 6.14. The average molecular weight is 793 g/mol. The van der Waals surface area contributed by atoms with Crippen LogP contribution in [0.4, 0.5) is 0 Å². The maximum absolute atomic E-state index is 6.15. The van der Waals surface area contributed by atoms with E-state index in [9.17, 15) is 0 Å². The molecule has 0 spiro atoms. The lowest BCUT2D eigenvalue weighted by Crippen LogP contribution is -1.97. The van der Waals surface area contributed by atoms with Crippen molar-refractivity contribution in [3.63, 3.8) is 0 Å². The molecule has 0 N–H and O–H groups in total. The van der Waals surface area contributed by atoms with Crippen LogP contribution >= 0.6 is 0 Å². The van der Waals surface area contributed by atoms with Gasteiger partial charge >= 0.3 is 0 Å². The van der Waals surface area contributed by atoms with Crippen LogP contribution in [0.3, 0.4) is 0 Å². The minimum atomic E-state index is 0.639. The molecule has 0 saturated carbocycles. The topological polar surface area (TPSA) is 56.2 Å². The van der Waals surface area contributed by atoms with Gasteiger partial charge in [-0.1, -0.05) is 176 Å². The summed E-state index contributed by atoms with van der Waals surface area (Å²) in [4.78, 5) is 10.6. The molecular weight excluding hydrogens is 757 g/mol. The van der Waals surface area contributed by atoms with Crippen LogP contribution in [0, 0.1) is 0 Å². The van der Waals surface area contributed by atoms with Crippen LogP contribution in [-0.4, -0.2) is 19.6 Å². The number of hydrogen-bond donors (Lipinski definition) is 0. The van der Waals surface area contributed by atoms with Gasteiger partial charge in [0.25, 0.3) is 0 Å².